The lowest BCUT2D eigenvalue weighted by Gasteiger charge is -2.29. The number of alkyl carbamates (subject to hydrolysis) is 1. The molecular weight excluding hydrogens is 642 g/mol. The number of carbonyl (C=O) groups excluding carboxylic acids is 5. The molecule has 268 valence electrons. The summed E-state index contributed by atoms with van der Waals surface area (Å²) in [6.45, 7) is 8.85. The van der Waals surface area contributed by atoms with Gasteiger partial charge in [0.15, 0.2) is 5.82 Å². The van der Waals surface area contributed by atoms with Crippen LogP contribution < -0.4 is 21.3 Å². The minimum atomic E-state index is -1.44. The summed E-state index contributed by atoms with van der Waals surface area (Å²) < 4.78 is 12.6. The summed E-state index contributed by atoms with van der Waals surface area (Å²) in [4.78, 5) is 71.1. The standard InChI is InChI=1S/C36H47N7O7/c1-35(2,3)50-34(48)41-36(4,5)33(47)39-27(23-49-22-26-15-10-7-11-16-26)31(45)40-29-20-42(24-38-29)21-30(44)43-18-12-17-28(43)32(46)37-19-25-13-8-6-9-14-25/h6-11,13-16,20,24,27-28H,12,17-19,21-23H2,1-5H3,(H,37,46)(H,39,47)(H,40,45)(H,41,48). The number of benzene rings is 2. The zero-order valence-electron chi connectivity index (χ0n) is 29.2. The molecule has 2 atom stereocenters. The number of nitrogens with zero attached hydrogens (tertiary/aromatic N) is 3. The number of aromatic nitrogens is 2. The number of carbonyl (C=O) groups is 5. The van der Waals surface area contributed by atoms with E-state index in [0.29, 0.717) is 25.9 Å². The summed E-state index contributed by atoms with van der Waals surface area (Å²) in [5, 5.41) is 10.8. The second-order valence-electron chi connectivity index (χ2n) is 13.6. The predicted molar refractivity (Wildman–Crippen MR) is 185 cm³/mol. The fourth-order valence-corrected chi connectivity index (χ4v) is 5.22. The molecule has 0 bridgehead atoms. The average molecular weight is 690 g/mol. The van der Waals surface area contributed by atoms with Crippen LogP contribution in [-0.4, -0.2) is 80.5 Å². The lowest BCUT2D eigenvalue weighted by molar-refractivity contribution is -0.139. The van der Waals surface area contributed by atoms with Gasteiger partial charge in [-0.05, 0) is 58.6 Å². The third-order valence-electron chi connectivity index (χ3n) is 7.79. The van der Waals surface area contributed by atoms with E-state index in [4.69, 9.17) is 9.47 Å². The first-order valence-electron chi connectivity index (χ1n) is 16.6. The Labute approximate surface area is 292 Å². The lowest BCUT2D eigenvalue weighted by atomic mass is 10.0. The number of hydrogen-bond donors (Lipinski definition) is 4. The Morgan fingerprint density at radius 2 is 1.60 bits per heavy atom. The third kappa shape index (κ3) is 11.4. The highest BCUT2D eigenvalue weighted by molar-refractivity contribution is 5.98. The van der Waals surface area contributed by atoms with Crippen LogP contribution in [0.1, 0.15) is 58.6 Å². The molecule has 2 heterocycles. The van der Waals surface area contributed by atoms with Gasteiger partial charge in [-0.25, -0.2) is 9.78 Å². The summed E-state index contributed by atoms with van der Waals surface area (Å²) in [6.07, 6.45) is 3.40. The van der Waals surface area contributed by atoms with E-state index in [1.54, 1.807) is 25.7 Å². The van der Waals surface area contributed by atoms with Crippen molar-refractivity contribution in [3.05, 3.63) is 84.3 Å². The number of rotatable bonds is 14. The molecule has 2 aromatic carbocycles. The zero-order valence-corrected chi connectivity index (χ0v) is 29.2. The molecule has 1 aromatic heterocycles. The van der Waals surface area contributed by atoms with Gasteiger partial charge >= 0.3 is 6.09 Å². The van der Waals surface area contributed by atoms with E-state index in [1.807, 2.05) is 60.7 Å². The molecule has 1 aliphatic heterocycles. The minimum Gasteiger partial charge on any atom is -0.444 e. The van der Waals surface area contributed by atoms with Crippen LogP contribution in [0.15, 0.2) is 73.2 Å². The van der Waals surface area contributed by atoms with Crippen LogP contribution in [0.25, 0.3) is 0 Å². The summed E-state index contributed by atoms with van der Waals surface area (Å²) in [6, 6.07) is 17.2. The minimum absolute atomic E-state index is 0.0871. The Kier molecular flexibility index (Phi) is 12.7. The van der Waals surface area contributed by atoms with Crippen LogP contribution in [0.3, 0.4) is 0 Å². The molecule has 14 heteroatoms. The van der Waals surface area contributed by atoms with Crippen LogP contribution in [-0.2, 0) is 48.3 Å². The SMILES string of the molecule is CC(C)(C)OC(=O)NC(C)(C)C(=O)NC(COCc1ccccc1)C(=O)Nc1cn(CC(=O)N2CCCC2C(=O)NCc2ccccc2)cn1. The van der Waals surface area contributed by atoms with Gasteiger partial charge in [-0.15, -0.1) is 0 Å². The summed E-state index contributed by atoms with van der Waals surface area (Å²) >= 11 is 0. The summed E-state index contributed by atoms with van der Waals surface area (Å²) in [5.74, 6) is -1.57. The van der Waals surface area contributed by atoms with Crippen molar-refractivity contribution in [1.29, 1.82) is 0 Å². The van der Waals surface area contributed by atoms with Crippen molar-refractivity contribution in [2.45, 2.75) is 90.4 Å². The number of imidazole rings is 1. The highest BCUT2D eigenvalue weighted by Crippen LogP contribution is 2.19. The molecule has 0 spiro atoms. The fourth-order valence-electron chi connectivity index (χ4n) is 5.22. The topological polar surface area (TPSA) is 173 Å². The molecule has 1 aliphatic rings. The van der Waals surface area contributed by atoms with E-state index < -0.39 is 41.1 Å². The molecule has 14 nitrogen and oxygen atoms in total. The molecule has 0 saturated carbocycles. The Balaban J connectivity index is 1.36. The molecule has 5 amide bonds. The highest BCUT2D eigenvalue weighted by atomic mass is 16.6. The van der Waals surface area contributed by atoms with Crippen LogP contribution in [0.2, 0.25) is 0 Å². The maximum atomic E-state index is 13.5. The maximum absolute atomic E-state index is 13.5. The maximum Gasteiger partial charge on any atom is 0.408 e. The van der Waals surface area contributed by atoms with E-state index in [9.17, 15) is 24.0 Å². The Morgan fingerprint density at radius 1 is 0.940 bits per heavy atom. The van der Waals surface area contributed by atoms with Crippen molar-refractivity contribution in [2.24, 2.45) is 0 Å². The fraction of sp³-hybridized carbons (Fsp3) is 0.444. The van der Waals surface area contributed by atoms with Gasteiger partial charge in [0, 0.05) is 19.3 Å². The first-order valence-corrected chi connectivity index (χ1v) is 16.6. The molecule has 50 heavy (non-hydrogen) atoms. The van der Waals surface area contributed by atoms with E-state index >= 15 is 0 Å². The number of anilines is 1. The molecule has 3 aromatic rings. The molecule has 4 N–H and O–H groups in total. The van der Waals surface area contributed by atoms with Crippen molar-refractivity contribution in [3.63, 3.8) is 0 Å². The molecule has 0 aliphatic carbocycles. The van der Waals surface area contributed by atoms with E-state index in [2.05, 4.69) is 26.3 Å². The van der Waals surface area contributed by atoms with Crippen LogP contribution in [0.4, 0.5) is 10.6 Å². The van der Waals surface area contributed by atoms with Gasteiger partial charge in [-0.2, -0.15) is 0 Å². The van der Waals surface area contributed by atoms with E-state index in [-0.39, 0.29) is 37.4 Å². The Bertz CT molecular complexity index is 1620. The number of ether oxygens (including phenoxy) is 2. The highest BCUT2D eigenvalue weighted by Gasteiger charge is 2.36. The first-order chi connectivity index (χ1) is 23.7. The van der Waals surface area contributed by atoms with Crippen LogP contribution in [0, 0.1) is 0 Å². The van der Waals surface area contributed by atoms with Crippen molar-refractivity contribution >= 4 is 35.5 Å². The van der Waals surface area contributed by atoms with Crippen LogP contribution in [0.5, 0.6) is 0 Å². The predicted octanol–water partition coefficient (Wildman–Crippen LogP) is 3.13. The van der Waals surface area contributed by atoms with Gasteiger partial charge in [-0.1, -0.05) is 60.7 Å². The van der Waals surface area contributed by atoms with Crippen molar-refractivity contribution < 1.29 is 33.4 Å². The number of likely N-dealkylation sites (tertiary alicyclic amines) is 1. The van der Waals surface area contributed by atoms with Crippen molar-refractivity contribution in [2.75, 3.05) is 18.5 Å². The molecule has 4 rings (SSSR count). The Morgan fingerprint density at radius 3 is 2.26 bits per heavy atom. The van der Waals surface area contributed by atoms with Gasteiger partial charge in [0.05, 0.1) is 19.5 Å². The number of hydrogen-bond acceptors (Lipinski definition) is 8. The second-order valence-corrected chi connectivity index (χ2v) is 13.6. The van der Waals surface area contributed by atoms with Gasteiger partial charge in [0.25, 0.3) is 5.91 Å². The van der Waals surface area contributed by atoms with E-state index in [1.165, 1.54) is 30.9 Å². The molecule has 2 unspecified atom stereocenters. The first kappa shape index (κ1) is 37.6. The quantitative estimate of drug-likeness (QED) is 0.200. The smallest absolute Gasteiger partial charge is 0.408 e. The van der Waals surface area contributed by atoms with Gasteiger partial charge in [0.2, 0.25) is 17.7 Å². The average Bonchev–Trinajstić information content (AvgIpc) is 3.73. The van der Waals surface area contributed by atoms with Gasteiger partial charge < -0.3 is 40.2 Å². The van der Waals surface area contributed by atoms with Crippen molar-refractivity contribution in [1.82, 2.24) is 30.4 Å². The molecule has 1 fully saturated rings. The zero-order chi connectivity index (χ0) is 36.3. The van der Waals surface area contributed by atoms with Gasteiger partial charge in [0.1, 0.15) is 29.8 Å². The Hall–Kier alpha value is -5.24. The van der Waals surface area contributed by atoms with Crippen LogP contribution >= 0.6 is 0 Å². The van der Waals surface area contributed by atoms with E-state index in [0.717, 1.165) is 11.1 Å². The van der Waals surface area contributed by atoms with Gasteiger partial charge in [-0.3, -0.25) is 19.2 Å². The molecule has 0 radical (unpaired) electrons. The summed E-state index contributed by atoms with van der Waals surface area (Å²) in [5.41, 5.74) is -0.363. The third-order valence-corrected chi connectivity index (χ3v) is 7.79. The normalized spacial score (nSPS) is 15.1. The monoisotopic (exact) mass is 689 g/mol. The lowest BCUT2D eigenvalue weighted by Crippen LogP contribution is -2.59. The number of nitrogens with one attached hydrogen (secondary N) is 4. The molecule has 1 saturated heterocycles. The van der Waals surface area contributed by atoms with Crippen molar-refractivity contribution in [3.8, 4) is 0 Å². The molecular formula is C36H47N7O7. The summed E-state index contributed by atoms with van der Waals surface area (Å²) in [7, 11) is 0. The largest absolute Gasteiger partial charge is 0.444 e. The number of amides is 5. The second kappa shape index (κ2) is 16.9.